The number of sulfonamides is 1. The molecule has 2 N–H and O–H groups in total. The van der Waals surface area contributed by atoms with Crippen LogP contribution in [0.5, 0.6) is 0 Å². The number of hydrogen-bond acceptors (Lipinski definition) is 5. The van der Waals surface area contributed by atoms with Gasteiger partial charge in [-0.2, -0.15) is 0 Å². The third-order valence-corrected chi connectivity index (χ3v) is 7.52. The second kappa shape index (κ2) is 9.20. The van der Waals surface area contributed by atoms with Crippen molar-refractivity contribution in [1.82, 2.24) is 10.0 Å². The number of benzene rings is 1. The number of ether oxygens (including phenoxy) is 1. The summed E-state index contributed by atoms with van der Waals surface area (Å²) in [6, 6.07) is 2.22. The van der Waals surface area contributed by atoms with Crippen LogP contribution in [-0.2, 0) is 19.6 Å². The Morgan fingerprint density at radius 2 is 1.79 bits per heavy atom. The average Bonchev–Trinajstić information content (AvgIpc) is 3.44. The first-order valence-electron chi connectivity index (χ1n) is 9.65. The first kappa shape index (κ1) is 22.3. The summed E-state index contributed by atoms with van der Waals surface area (Å²) in [5.74, 6) is -0.910. The van der Waals surface area contributed by atoms with Crippen molar-refractivity contribution in [1.29, 1.82) is 0 Å². The predicted octanol–water partition coefficient (Wildman–Crippen LogP) is 3.29. The Bertz CT molecular complexity index is 902. The highest BCUT2D eigenvalue weighted by Crippen LogP contribution is 2.31. The summed E-state index contributed by atoms with van der Waals surface area (Å²) < 4.78 is 32.5. The highest BCUT2D eigenvalue weighted by molar-refractivity contribution is 7.89. The van der Waals surface area contributed by atoms with E-state index in [-0.39, 0.29) is 32.6 Å². The lowest BCUT2D eigenvalue weighted by molar-refractivity contribution is -0.125. The molecule has 0 aromatic heterocycles. The Morgan fingerprint density at radius 1 is 1.10 bits per heavy atom. The minimum Gasteiger partial charge on any atom is -0.452 e. The molecule has 3 rings (SSSR count). The van der Waals surface area contributed by atoms with Crippen molar-refractivity contribution in [3.63, 3.8) is 0 Å². The normalized spacial score (nSPS) is 22.2. The molecule has 0 heterocycles. The lowest BCUT2D eigenvalue weighted by Gasteiger charge is -2.29. The van der Waals surface area contributed by atoms with Gasteiger partial charge in [0.2, 0.25) is 10.0 Å². The number of carbonyl (C=O) groups is 2. The Morgan fingerprint density at radius 3 is 2.45 bits per heavy atom. The monoisotopic (exact) mass is 462 g/mol. The SMILES string of the molecule is C[C@H]1CCCC[C@@H]1NC(=O)COC(=O)c1cc(S(=O)(=O)NC2CC2)c(Cl)cc1Cl. The van der Waals surface area contributed by atoms with Gasteiger partial charge in [-0.3, -0.25) is 4.79 Å². The van der Waals surface area contributed by atoms with Crippen LogP contribution in [-0.4, -0.2) is 39.0 Å². The van der Waals surface area contributed by atoms with Crippen LogP contribution in [0.25, 0.3) is 0 Å². The first-order chi connectivity index (χ1) is 13.7. The quantitative estimate of drug-likeness (QED) is 0.605. The summed E-state index contributed by atoms with van der Waals surface area (Å²) in [5, 5.41) is 2.74. The van der Waals surface area contributed by atoms with E-state index in [9.17, 15) is 18.0 Å². The molecule has 0 radical (unpaired) electrons. The fourth-order valence-corrected chi connectivity index (χ4v) is 5.52. The Labute approximate surface area is 180 Å². The fraction of sp³-hybridized carbons (Fsp3) is 0.579. The van der Waals surface area contributed by atoms with Gasteiger partial charge in [-0.05, 0) is 43.7 Å². The van der Waals surface area contributed by atoms with Gasteiger partial charge in [0.15, 0.2) is 6.61 Å². The lowest BCUT2D eigenvalue weighted by atomic mass is 9.86. The number of carbonyl (C=O) groups excluding carboxylic acids is 2. The van der Waals surface area contributed by atoms with Crippen molar-refractivity contribution < 1.29 is 22.7 Å². The zero-order chi connectivity index (χ0) is 21.2. The molecule has 160 valence electrons. The maximum atomic E-state index is 12.5. The molecule has 1 amide bonds. The number of hydrogen-bond donors (Lipinski definition) is 2. The van der Waals surface area contributed by atoms with Crippen molar-refractivity contribution in [2.75, 3.05) is 6.61 Å². The standard InChI is InChI=1S/C19H24Cl2N2O5S/c1-11-4-2-3-5-16(11)22-18(24)10-28-19(25)13-8-17(15(21)9-14(13)20)29(26,27)23-12-6-7-12/h8-9,11-12,16,23H,2-7,10H2,1H3,(H,22,24)/t11-,16-/m0/s1. The molecule has 1 aromatic rings. The first-order valence-corrected chi connectivity index (χ1v) is 11.9. The molecule has 0 bridgehead atoms. The minimum atomic E-state index is -3.88. The van der Waals surface area contributed by atoms with Crippen molar-refractivity contribution in [3.05, 3.63) is 27.7 Å². The van der Waals surface area contributed by atoms with Crippen molar-refractivity contribution >= 4 is 45.1 Å². The molecule has 0 aliphatic heterocycles. The zero-order valence-electron chi connectivity index (χ0n) is 16.0. The van der Waals surface area contributed by atoms with Gasteiger partial charge in [0, 0.05) is 12.1 Å². The maximum Gasteiger partial charge on any atom is 0.340 e. The van der Waals surface area contributed by atoms with Gasteiger partial charge in [0.25, 0.3) is 5.91 Å². The van der Waals surface area contributed by atoms with E-state index in [4.69, 9.17) is 27.9 Å². The summed E-state index contributed by atoms with van der Waals surface area (Å²) in [6.07, 6.45) is 5.68. The van der Waals surface area contributed by atoms with Gasteiger partial charge in [0.05, 0.1) is 15.6 Å². The van der Waals surface area contributed by atoms with Gasteiger partial charge < -0.3 is 10.1 Å². The van der Waals surface area contributed by atoms with Crippen LogP contribution in [0.2, 0.25) is 10.0 Å². The molecule has 0 spiro atoms. The molecular weight excluding hydrogens is 439 g/mol. The Balaban J connectivity index is 1.65. The number of amides is 1. The number of rotatable bonds is 7. The van der Waals surface area contributed by atoms with E-state index in [2.05, 4.69) is 17.0 Å². The molecule has 2 fully saturated rings. The molecule has 2 saturated carbocycles. The van der Waals surface area contributed by atoms with Crippen LogP contribution in [0.15, 0.2) is 17.0 Å². The highest BCUT2D eigenvalue weighted by atomic mass is 35.5. The van der Waals surface area contributed by atoms with E-state index < -0.39 is 28.5 Å². The van der Waals surface area contributed by atoms with Crippen molar-refractivity contribution in [2.24, 2.45) is 5.92 Å². The second-order valence-electron chi connectivity index (χ2n) is 7.67. The summed E-state index contributed by atoms with van der Waals surface area (Å²) in [6.45, 7) is 1.62. The van der Waals surface area contributed by atoms with Crippen molar-refractivity contribution in [3.8, 4) is 0 Å². The van der Waals surface area contributed by atoms with Gasteiger partial charge in [0.1, 0.15) is 4.90 Å². The molecule has 0 saturated heterocycles. The molecule has 7 nitrogen and oxygen atoms in total. The summed E-state index contributed by atoms with van der Waals surface area (Å²) in [5.41, 5.74) is -0.161. The third kappa shape index (κ3) is 5.84. The summed E-state index contributed by atoms with van der Waals surface area (Å²) in [4.78, 5) is 24.3. The summed E-state index contributed by atoms with van der Waals surface area (Å²) in [7, 11) is -3.88. The van der Waals surface area contributed by atoms with Gasteiger partial charge in [-0.15, -0.1) is 0 Å². The molecule has 2 aliphatic rings. The summed E-state index contributed by atoms with van der Waals surface area (Å²) >= 11 is 12.1. The molecule has 1 aromatic carbocycles. The fourth-order valence-electron chi connectivity index (χ4n) is 3.36. The smallest absolute Gasteiger partial charge is 0.340 e. The van der Waals surface area contributed by atoms with Crippen LogP contribution in [0.1, 0.15) is 55.8 Å². The predicted molar refractivity (Wildman–Crippen MR) is 110 cm³/mol. The number of halogens is 2. The minimum absolute atomic E-state index is 0.0494. The number of nitrogens with one attached hydrogen (secondary N) is 2. The van der Waals surface area contributed by atoms with Crippen LogP contribution >= 0.6 is 23.2 Å². The van der Waals surface area contributed by atoms with E-state index in [0.717, 1.165) is 44.6 Å². The zero-order valence-corrected chi connectivity index (χ0v) is 18.4. The molecular formula is C19H24Cl2N2O5S. The maximum absolute atomic E-state index is 12.5. The van der Waals surface area contributed by atoms with Crippen LogP contribution in [0, 0.1) is 5.92 Å². The Kier molecular flexibility index (Phi) is 7.09. The van der Waals surface area contributed by atoms with Gasteiger partial charge >= 0.3 is 5.97 Å². The van der Waals surface area contributed by atoms with E-state index in [1.54, 1.807) is 0 Å². The van der Waals surface area contributed by atoms with Crippen molar-refractivity contribution in [2.45, 2.75) is 62.4 Å². The van der Waals surface area contributed by atoms with E-state index in [1.807, 2.05) is 0 Å². The number of esters is 1. The molecule has 0 unspecified atom stereocenters. The van der Waals surface area contributed by atoms with Gasteiger partial charge in [-0.25, -0.2) is 17.9 Å². The van der Waals surface area contributed by atoms with E-state index in [1.165, 1.54) is 6.07 Å². The van der Waals surface area contributed by atoms with E-state index in [0.29, 0.717) is 5.92 Å². The highest BCUT2D eigenvalue weighted by Gasteiger charge is 2.31. The van der Waals surface area contributed by atoms with E-state index >= 15 is 0 Å². The Hall–Kier alpha value is -1.35. The average molecular weight is 463 g/mol. The topological polar surface area (TPSA) is 102 Å². The molecule has 2 atom stereocenters. The second-order valence-corrected chi connectivity index (χ2v) is 10.2. The largest absolute Gasteiger partial charge is 0.452 e. The van der Waals surface area contributed by atoms with Crippen LogP contribution in [0.3, 0.4) is 0 Å². The van der Waals surface area contributed by atoms with Crippen LogP contribution < -0.4 is 10.0 Å². The van der Waals surface area contributed by atoms with Gasteiger partial charge in [-0.1, -0.05) is 43.0 Å². The molecule has 10 heteroatoms. The molecule has 2 aliphatic carbocycles. The molecule has 29 heavy (non-hydrogen) atoms. The lowest BCUT2D eigenvalue weighted by Crippen LogP contribution is -2.42. The third-order valence-electron chi connectivity index (χ3n) is 5.22. The van der Waals surface area contributed by atoms with Crippen LogP contribution in [0.4, 0.5) is 0 Å².